The molecule has 0 radical (unpaired) electrons. The summed E-state index contributed by atoms with van der Waals surface area (Å²) in [4.78, 5) is 13.5. The number of carbonyl (C=O) groups is 1. The first-order chi connectivity index (χ1) is 18.6. The lowest BCUT2D eigenvalue weighted by Crippen LogP contribution is -2.45. The molecule has 0 spiro atoms. The number of aryl methyl sites for hydroxylation is 2. The van der Waals surface area contributed by atoms with Crippen molar-refractivity contribution < 1.29 is 26.4 Å². The van der Waals surface area contributed by atoms with Gasteiger partial charge in [-0.3, -0.25) is 14.0 Å². The Labute approximate surface area is 226 Å². The normalized spacial score (nSPS) is 22.9. The Morgan fingerprint density at radius 1 is 1.23 bits per heavy atom. The van der Waals surface area contributed by atoms with E-state index in [0.29, 0.717) is 36.6 Å². The summed E-state index contributed by atoms with van der Waals surface area (Å²) < 4.78 is 72.4. The van der Waals surface area contributed by atoms with Gasteiger partial charge in [0, 0.05) is 36.0 Å². The highest BCUT2D eigenvalue weighted by Crippen LogP contribution is 2.45. The molecule has 0 bridgehead atoms. The zero-order valence-corrected chi connectivity index (χ0v) is 22.5. The minimum Gasteiger partial charge on any atom is -0.316 e. The van der Waals surface area contributed by atoms with Crippen LogP contribution in [0.15, 0.2) is 17.3 Å². The Morgan fingerprint density at radius 3 is 2.67 bits per heavy atom. The lowest BCUT2D eigenvalue weighted by molar-refractivity contribution is -0.117. The molecule has 0 aromatic carbocycles. The van der Waals surface area contributed by atoms with E-state index < -0.39 is 28.7 Å². The molecule has 0 aliphatic heterocycles. The van der Waals surface area contributed by atoms with Gasteiger partial charge in [0.2, 0.25) is 21.9 Å². The van der Waals surface area contributed by atoms with E-state index in [1.807, 2.05) is 0 Å². The van der Waals surface area contributed by atoms with Gasteiger partial charge in [0.1, 0.15) is 33.9 Å². The van der Waals surface area contributed by atoms with Crippen LogP contribution in [-0.4, -0.2) is 51.1 Å². The van der Waals surface area contributed by atoms with Crippen molar-refractivity contribution in [3.8, 4) is 0 Å². The number of thiophene rings is 1. The van der Waals surface area contributed by atoms with E-state index >= 15 is 0 Å². The molecule has 0 unspecified atom stereocenters. The molecule has 3 aliphatic rings. The smallest absolute Gasteiger partial charge is 0.282 e. The maximum absolute atomic E-state index is 13.6. The summed E-state index contributed by atoms with van der Waals surface area (Å²) in [5.74, 6) is 0.299. The van der Waals surface area contributed by atoms with Crippen molar-refractivity contribution in [2.45, 2.75) is 74.5 Å². The fourth-order valence-corrected chi connectivity index (χ4v) is 8.29. The standard InChI is InChI=1S/C23H27F3N8O3S2/c1-33-18(9-16(31-33)20(25)26)28-23-30-27-10-34(23)14-4-5-17-15(8-14)19(22(38-17)29-21(35)11-2-3-11)39(36,37)32-13-6-12(24)7-13/h9-14,20,32H,2-8H2,1H3,(H,28,30)(H,29,35)/t12-,13+,14-/m0/s1. The average molecular weight is 585 g/mol. The topological polar surface area (TPSA) is 136 Å². The van der Waals surface area contributed by atoms with Crippen LogP contribution in [-0.2, 0) is 34.7 Å². The molecule has 6 rings (SSSR count). The summed E-state index contributed by atoms with van der Waals surface area (Å²) in [6.07, 6.45) is 1.07. The van der Waals surface area contributed by atoms with Crippen molar-refractivity contribution in [2.24, 2.45) is 13.0 Å². The average Bonchev–Trinajstić information content (AvgIpc) is 3.34. The summed E-state index contributed by atoms with van der Waals surface area (Å²) in [6, 6.07) is 0.500. The van der Waals surface area contributed by atoms with Crippen LogP contribution in [0.2, 0.25) is 0 Å². The molecule has 39 heavy (non-hydrogen) atoms. The molecule has 3 aromatic heterocycles. The second-order valence-electron chi connectivity index (χ2n) is 10.3. The molecule has 1 amide bonds. The zero-order valence-electron chi connectivity index (χ0n) is 20.9. The molecule has 1 atom stereocenters. The molecule has 3 aromatic rings. The van der Waals surface area contributed by atoms with E-state index in [4.69, 9.17) is 0 Å². The van der Waals surface area contributed by atoms with Crippen molar-refractivity contribution in [1.29, 1.82) is 0 Å². The summed E-state index contributed by atoms with van der Waals surface area (Å²) in [6.45, 7) is 0. The molecular weight excluding hydrogens is 557 g/mol. The Bertz CT molecular complexity index is 1510. The van der Waals surface area contributed by atoms with Gasteiger partial charge < -0.3 is 10.6 Å². The number of nitrogens with one attached hydrogen (secondary N) is 3. The first-order valence-corrected chi connectivity index (χ1v) is 15.0. The van der Waals surface area contributed by atoms with Crippen LogP contribution in [0.5, 0.6) is 0 Å². The van der Waals surface area contributed by atoms with Gasteiger partial charge >= 0.3 is 0 Å². The number of alkyl halides is 3. The molecule has 2 saturated carbocycles. The maximum atomic E-state index is 13.6. The quantitative estimate of drug-likeness (QED) is 0.350. The number of carbonyl (C=O) groups excluding carboxylic acids is 1. The van der Waals surface area contributed by atoms with Crippen molar-refractivity contribution in [2.75, 3.05) is 10.6 Å². The third-order valence-corrected chi connectivity index (χ3v) is 10.3. The van der Waals surface area contributed by atoms with Crippen LogP contribution < -0.4 is 15.4 Å². The highest BCUT2D eigenvalue weighted by molar-refractivity contribution is 7.90. The number of nitrogens with zero attached hydrogens (tertiary/aromatic N) is 5. The highest BCUT2D eigenvalue weighted by atomic mass is 32.2. The van der Waals surface area contributed by atoms with Crippen molar-refractivity contribution in [3.05, 3.63) is 28.5 Å². The SMILES string of the molecule is Cn1nc(C(F)F)cc1Nc1nncn1[C@H]1CCc2sc(NC(=O)C3CC3)c(S(=O)(=O)N[C@H]3C[C@@H](F)C3)c2C1. The van der Waals surface area contributed by atoms with Crippen LogP contribution in [0.4, 0.5) is 29.9 Å². The van der Waals surface area contributed by atoms with Gasteiger partial charge in [-0.1, -0.05) is 0 Å². The van der Waals surface area contributed by atoms with E-state index in [-0.39, 0.29) is 46.3 Å². The number of halogens is 3. The predicted molar refractivity (Wildman–Crippen MR) is 136 cm³/mol. The molecule has 11 nitrogen and oxygen atoms in total. The fraction of sp³-hybridized carbons (Fsp3) is 0.565. The van der Waals surface area contributed by atoms with Gasteiger partial charge in [-0.2, -0.15) is 5.10 Å². The second-order valence-corrected chi connectivity index (χ2v) is 13.0. The molecule has 3 aliphatic carbocycles. The Balaban J connectivity index is 1.30. The van der Waals surface area contributed by atoms with Crippen molar-refractivity contribution in [3.63, 3.8) is 0 Å². The summed E-state index contributed by atoms with van der Waals surface area (Å²) >= 11 is 1.27. The number of anilines is 3. The molecule has 16 heteroatoms. The first kappa shape index (κ1) is 26.3. The number of fused-ring (bicyclic) bond motifs is 1. The third kappa shape index (κ3) is 5.16. The Kier molecular flexibility index (Phi) is 6.66. The van der Waals surface area contributed by atoms with Gasteiger partial charge in [0.05, 0.1) is 0 Å². The maximum Gasteiger partial charge on any atom is 0.282 e. The monoisotopic (exact) mass is 584 g/mol. The second kappa shape index (κ2) is 9.89. The number of hydrogen-bond acceptors (Lipinski definition) is 8. The molecule has 0 saturated heterocycles. The van der Waals surface area contributed by atoms with E-state index in [9.17, 15) is 26.4 Å². The van der Waals surface area contributed by atoms with E-state index in [0.717, 1.165) is 17.7 Å². The summed E-state index contributed by atoms with van der Waals surface area (Å²) in [7, 11) is -2.52. The van der Waals surface area contributed by atoms with Crippen LogP contribution in [0.25, 0.3) is 0 Å². The minimum atomic E-state index is -4.05. The molecule has 3 N–H and O–H groups in total. The van der Waals surface area contributed by atoms with Crippen molar-refractivity contribution in [1.82, 2.24) is 29.3 Å². The number of rotatable bonds is 9. The van der Waals surface area contributed by atoms with Gasteiger partial charge in [0.15, 0.2) is 0 Å². The lowest BCUT2D eigenvalue weighted by Gasteiger charge is -2.30. The zero-order chi connectivity index (χ0) is 27.5. The Morgan fingerprint density at radius 2 is 2.00 bits per heavy atom. The Hall–Kier alpha value is -2.98. The van der Waals surface area contributed by atoms with Crippen LogP contribution in [0.1, 0.15) is 60.7 Å². The minimum absolute atomic E-state index is 0.0410. The molecule has 210 valence electrons. The molecule has 3 heterocycles. The lowest BCUT2D eigenvalue weighted by atomic mass is 9.92. The van der Waals surface area contributed by atoms with Crippen molar-refractivity contribution >= 4 is 44.0 Å². The van der Waals surface area contributed by atoms with E-state index in [1.165, 1.54) is 35.5 Å². The van der Waals surface area contributed by atoms with E-state index in [2.05, 4.69) is 30.7 Å². The van der Waals surface area contributed by atoms with Crippen LogP contribution >= 0.6 is 11.3 Å². The van der Waals surface area contributed by atoms with Crippen LogP contribution in [0.3, 0.4) is 0 Å². The number of aromatic nitrogens is 5. The number of amides is 1. The van der Waals surface area contributed by atoms with Gasteiger partial charge in [-0.25, -0.2) is 26.3 Å². The predicted octanol–water partition coefficient (Wildman–Crippen LogP) is 3.61. The van der Waals surface area contributed by atoms with Gasteiger partial charge in [-0.05, 0) is 50.5 Å². The van der Waals surface area contributed by atoms with Gasteiger partial charge in [-0.15, -0.1) is 21.5 Å². The summed E-state index contributed by atoms with van der Waals surface area (Å²) in [5.41, 5.74) is 0.228. The van der Waals surface area contributed by atoms with E-state index in [1.54, 1.807) is 4.57 Å². The molecule has 2 fully saturated rings. The largest absolute Gasteiger partial charge is 0.316 e. The first-order valence-electron chi connectivity index (χ1n) is 12.7. The van der Waals surface area contributed by atoms with Crippen LogP contribution in [0, 0.1) is 5.92 Å². The summed E-state index contributed by atoms with van der Waals surface area (Å²) in [5, 5.41) is 18.0. The van der Waals surface area contributed by atoms with Gasteiger partial charge in [0.25, 0.3) is 6.43 Å². The number of sulfonamides is 1. The third-order valence-electron chi connectivity index (χ3n) is 7.37. The fourth-order valence-electron chi connectivity index (χ4n) is 5.05. The molecular formula is C23H27F3N8O3S2. The highest BCUT2D eigenvalue weighted by Gasteiger charge is 2.39. The number of hydrogen-bond donors (Lipinski definition) is 3.